The molecule has 1 aliphatic carbocycles. The summed E-state index contributed by atoms with van der Waals surface area (Å²) >= 11 is 0. The zero-order valence-corrected chi connectivity index (χ0v) is 13.5. The monoisotopic (exact) mass is 320 g/mol. The summed E-state index contributed by atoms with van der Waals surface area (Å²) < 4.78 is 8.03. The molecule has 24 heavy (non-hydrogen) atoms. The molecule has 5 heteroatoms. The number of rotatable bonds is 5. The second kappa shape index (κ2) is 6.83. The van der Waals surface area contributed by atoms with E-state index in [9.17, 15) is 0 Å². The molecule has 0 spiro atoms. The van der Waals surface area contributed by atoms with Crippen LogP contribution in [-0.4, -0.2) is 26.1 Å². The van der Waals surface area contributed by atoms with Gasteiger partial charge >= 0.3 is 0 Å². The molecule has 2 aromatic heterocycles. The SMILES string of the molecule is c1cncc(Cn2cc(-c3ccccc3OC3CCCC3)nn2)c1. The number of pyridine rings is 1. The Balaban J connectivity index is 1.55. The van der Waals surface area contributed by atoms with Gasteiger partial charge < -0.3 is 4.74 Å². The van der Waals surface area contributed by atoms with E-state index in [0.717, 1.165) is 35.4 Å². The molecule has 1 saturated carbocycles. The molecular weight excluding hydrogens is 300 g/mol. The highest BCUT2D eigenvalue weighted by atomic mass is 16.5. The molecule has 3 aromatic rings. The van der Waals surface area contributed by atoms with Crippen LogP contribution in [0.4, 0.5) is 0 Å². The van der Waals surface area contributed by atoms with Crippen molar-refractivity contribution >= 4 is 0 Å². The summed E-state index contributed by atoms with van der Waals surface area (Å²) in [7, 11) is 0. The van der Waals surface area contributed by atoms with E-state index in [1.807, 2.05) is 53.5 Å². The highest BCUT2D eigenvalue weighted by molar-refractivity contribution is 5.66. The maximum absolute atomic E-state index is 6.20. The molecule has 1 fully saturated rings. The number of hydrogen-bond acceptors (Lipinski definition) is 4. The van der Waals surface area contributed by atoms with Crippen molar-refractivity contribution in [3.63, 3.8) is 0 Å². The second-order valence-electron chi connectivity index (χ2n) is 6.18. The zero-order chi connectivity index (χ0) is 16.2. The van der Waals surface area contributed by atoms with Crippen molar-refractivity contribution in [2.45, 2.75) is 38.3 Å². The largest absolute Gasteiger partial charge is 0.490 e. The molecule has 4 rings (SSSR count). The van der Waals surface area contributed by atoms with Crippen LogP contribution >= 0.6 is 0 Å². The Bertz CT molecular complexity index is 794. The number of nitrogens with zero attached hydrogens (tertiary/aromatic N) is 4. The topological polar surface area (TPSA) is 52.8 Å². The maximum Gasteiger partial charge on any atom is 0.129 e. The number of hydrogen-bond donors (Lipinski definition) is 0. The van der Waals surface area contributed by atoms with E-state index in [4.69, 9.17) is 4.74 Å². The Hall–Kier alpha value is -2.69. The predicted molar refractivity (Wildman–Crippen MR) is 91.7 cm³/mol. The van der Waals surface area contributed by atoms with Crippen LogP contribution in [0, 0.1) is 0 Å². The average Bonchev–Trinajstić information content (AvgIpc) is 3.29. The molecule has 122 valence electrons. The lowest BCUT2D eigenvalue weighted by Crippen LogP contribution is -2.11. The van der Waals surface area contributed by atoms with Crippen LogP contribution in [0.3, 0.4) is 0 Å². The van der Waals surface area contributed by atoms with Crippen molar-refractivity contribution in [3.8, 4) is 17.0 Å². The van der Waals surface area contributed by atoms with E-state index >= 15 is 0 Å². The molecule has 0 N–H and O–H groups in total. The molecule has 0 unspecified atom stereocenters. The molecule has 0 saturated heterocycles. The minimum Gasteiger partial charge on any atom is -0.490 e. The molecule has 0 atom stereocenters. The standard InChI is InChI=1S/C19H20N4O/c1-2-8-16(7-1)24-19-10-4-3-9-17(19)18-14-23(22-21-18)13-15-6-5-11-20-12-15/h3-6,9-12,14,16H,1-2,7-8,13H2. The lowest BCUT2D eigenvalue weighted by molar-refractivity contribution is 0.211. The van der Waals surface area contributed by atoms with Gasteiger partial charge in [-0.1, -0.05) is 23.4 Å². The van der Waals surface area contributed by atoms with Crippen LogP contribution in [0.25, 0.3) is 11.3 Å². The maximum atomic E-state index is 6.20. The van der Waals surface area contributed by atoms with Crippen molar-refractivity contribution in [2.75, 3.05) is 0 Å². The Labute approximate surface area is 141 Å². The van der Waals surface area contributed by atoms with Gasteiger partial charge in [0.05, 0.1) is 18.8 Å². The summed E-state index contributed by atoms with van der Waals surface area (Å²) in [5, 5.41) is 8.57. The van der Waals surface area contributed by atoms with Gasteiger partial charge in [-0.15, -0.1) is 5.10 Å². The number of para-hydroxylation sites is 1. The summed E-state index contributed by atoms with van der Waals surface area (Å²) in [5.74, 6) is 0.901. The predicted octanol–water partition coefficient (Wildman–Crippen LogP) is 3.71. The van der Waals surface area contributed by atoms with Crippen molar-refractivity contribution in [3.05, 3.63) is 60.6 Å². The van der Waals surface area contributed by atoms with E-state index in [2.05, 4.69) is 15.3 Å². The van der Waals surface area contributed by atoms with Crippen LogP contribution in [0.5, 0.6) is 5.75 Å². The fourth-order valence-corrected chi connectivity index (χ4v) is 3.14. The zero-order valence-electron chi connectivity index (χ0n) is 13.5. The van der Waals surface area contributed by atoms with Crippen molar-refractivity contribution in [1.29, 1.82) is 0 Å². The molecule has 2 heterocycles. The first-order valence-corrected chi connectivity index (χ1v) is 8.43. The minimum atomic E-state index is 0.330. The first-order chi connectivity index (χ1) is 11.9. The lowest BCUT2D eigenvalue weighted by Gasteiger charge is -2.15. The van der Waals surface area contributed by atoms with E-state index in [1.165, 1.54) is 12.8 Å². The Kier molecular flexibility index (Phi) is 4.23. The molecule has 5 nitrogen and oxygen atoms in total. The summed E-state index contributed by atoms with van der Waals surface area (Å²) in [5.41, 5.74) is 2.94. The van der Waals surface area contributed by atoms with Crippen LogP contribution in [0.2, 0.25) is 0 Å². The average molecular weight is 320 g/mol. The Morgan fingerprint density at radius 2 is 1.96 bits per heavy atom. The fraction of sp³-hybridized carbons (Fsp3) is 0.316. The van der Waals surface area contributed by atoms with Gasteiger partial charge in [-0.2, -0.15) is 0 Å². The fourth-order valence-electron chi connectivity index (χ4n) is 3.14. The smallest absolute Gasteiger partial charge is 0.129 e. The van der Waals surface area contributed by atoms with Crippen molar-refractivity contribution in [2.24, 2.45) is 0 Å². The van der Waals surface area contributed by atoms with Crippen molar-refractivity contribution in [1.82, 2.24) is 20.0 Å². The minimum absolute atomic E-state index is 0.330. The molecule has 0 aliphatic heterocycles. The van der Waals surface area contributed by atoms with Gasteiger partial charge in [0.15, 0.2) is 0 Å². The normalized spacial score (nSPS) is 14.8. The highest BCUT2D eigenvalue weighted by Gasteiger charge is 2.19. The summed E-state index contributed by atoms with van der Waals surface area (Å²) in [4.78, 5) is 4.14. The van der Waals surface area contributed by atoms with Gasteiger partial charge in [0, 0.05) is 18.0 Å². The molecule has 0 radical (unpaired) electrons. The second-order valence-corrected chi connectivity index (χ2v) is 6.18. The van der Waals surface area contributed by atoms with Crippen LogP contribution in [-0.2, 0) is 6.54 Å². The number of ether oxygens (including phenoxy) is 1. The number of aromatic nitrogens is 4. The molecule has 1 aromatic carbocycles. The van der Waals surface area contributed by atoms with Gasteiger partial charge in [-0.3, -0.25) is 4.98 Å². The van der Waals surface area contributed by atoms with Gasteiger partial charge in [-0.05, 0) is 49.4 Å². The van der Waals surface area contributed by atoms with Crippen LogP contribution in [0.1, 0.15) is 31.2 Å². The summed E-state index contributed by atoms with van der Waals surface area (Å²) in [6, 6.07) is 12.0. The van der Waals surface area contributed by atoms with Gasteiger partial charge in [0.2, 0.25) is 0 Å². The molecule has 0 bridgehead atoms. The van der Waals surface area contributed by atoms with Crippen molar-refractivity contribution < 1.29 is 4.74 Å². The lowest BCUT2D eigenvalue weighted by atomic mass is 10.1. The Morgan fingerprint density at radius 1 is 1.08 bits per heavy atom. The number of benzene rings is 1. The molecule has 0 amide bonds. The molecule has 1 aliphatic rings. The van der Waals surface area contributed by atoms with Gasteiger partial charge in [0.1, 0.15) is 11.4 Å². The third-order valence-electron chi connectivity index (χ3n) is 4.36. The van der Waals surface area contributed by atoms with E-state index < -0.39 is 0 Å². The van der Waals surface area contributed by atoms with Crippen LogP contribution < -0.4 is 4.74 Å². The van der Waals surface area contributed by atoms with E-state index in [-0.39, 0.29) is 0 Å². The summed E-state index contributed by atoms with van der Waals surface area (Å²) in [6.07, 6.45) is 10.7. The third-order valence-corrected chi connectivity index (χ3v) is 4.36. The molecular formula is C19H20N4O. The third kappa shape index (κ3) is 3.30. The van der Waals surface area contributed by atoms with Crippen LogP contribution in [0.15, 0.2) is 55.0 Å². The summed E-state index contributed by atoms with van der Waals surface area (Å²) in [6.45, 7) is 0.659. The first-order valence-electron chi connectivity index (χ1n) is 8.43. The van der Waals surface area contributed by atoms with Gasteiger partial charge in [0.25, 0.3) is 0 Å². The van der Waals surface area contributed by atoms with E-state index in [1.54, 1.807) is 6.20 Å². The Morgan fingerprint density at radius 3 is 2.79 bits per heavy atom. The van der Waals surface area contributed by atoms with Gasteiger partial charge in [-0.25, -0.2) is 4.68 Å². The first kappa shape index (κ1) is 14.9. The highest BCUT2D eigenvalue weighted by Crippen LogP contribution is 2.32. The van der Waals surface area contributed by atoms with E-state index in [0.29, 0.717) is 12.6 Å². The quantitative estimate of drug-likeness (QED) is 0.719.